The van der Waals surface area contributed by atoms with Crippen LogP contribution in [0, 0.1) is 0 Å². The van der Waals surface area contributed by atoms with Crippen LogP contribution in [0.1, 0.15) is 31.0 Å². The second kappa shape index (κ2) is 5.31. The SMILES string of the molecule is CC(C)c1nn(C)c(Nc2ccccc2C(F)(F)F)c1N. The van der Waals surface area contributed by atoms with Gasteiger partial charge in [0.2, 0.25) is 0 Å². The Balaban J connectivity index is 2.45. The molecule has 0 bridgehead atoms. The number of hydrogen-bond acceptors (Lipinski definition) is 3. The highest BCUT2D eigenvalue weighted by atomic mass is 19.4. The number of rotatable bonds is 3. The molecule has 1 aromatic carbocycles. The van der Waals surface area contributed by atoms with Crippen molar-refractivity contribution >= 4 is 17.2 Å². The van der Waals surface area contributed by atoms with E-state index in [1.54, 1.807) is 7.05 Å². The molecule has 2 rings (SSSR count). The van der Waals surface area contributed by atoms with Gasteiger partial charge >= 0.3 is 6.18 Å². The number of nitrogens with zero attached hydrogens (tertiary/aromatic N) is 2. The summed E-state index contributed by atoms with van der Waals surface area (Å²) in [5.74, 6) is 0.444. The number of hydrogen-bond donors (Lipinski definition) is 2. The zero-order chi connectivity index (χ0) is 15.8. The molecule has 2 aromatic rings. The highest BCUT2D eigenvalue weighted by Crippen LogP contribution is 2.37. The number of aromatic nitrogens is 2. The molecule has 0 saturated carbocycles. The van der Waals surface area contributed by atoms with Crippen LogP contribution in [0.3, 0.4) is 0 Å². The van der Waals surface area contributed by atoms with Crippen LogP contribution in [-0.4, -0.2) is 9.78 Å². The standard InChI is InChI=1S/C14H17F3N4/c1-8(2)12-11(18)13(21(3)20-12)19-10-7-5-4-6-9(10)14(15,16)17/h4-8,19H,18H2,1-3H3. The van der Waals surface area contributed by atoms with Crippen molar-refractivity contribution in [2.45, 2.75) is 25.9 Å². The maximum atomic E-state index is 13.0. The Hall–Kier alpha value is -2.18. The topological polar surface area (TPSA) is 55.9 Å². The van der Waals surface area contributed by atoms with E-state index in [0.717, 1.165) is 6.07 Å². The third kappa shape index (κ3) is 2.96. The maximum Gasteiger partial charge on any atom is 0.418 e. The van der Waals surface area contributed by atoms with Crippen LogP contribution in [0.2, 0.25) is 0 Å². The molecule has 1 aromatic heterocycles. The van der Waals surface area contributed by atoms with Crippen molar-refractivity contribution in [3.63, 3.8) is 0 Å². The monoisotopic (exact) mass is 298 g/mol. The van der Waals surface area contributed by atoms with E-state index in [-0.39, 0.29) is 11.6 Å². The number of anilines is 3. The van der Waals surface area contributed by atoms with E-state index in [0.29, 0.717) is 17.2 Å². The molecular weight excluding hydrogens is 281 g/mol. The molecule has 21 heavy (non-hydrogen) atoms. The van der Waals surface area contributed by atoms with E-state index < -0.39 is 11.7 Å². The van der Waals surface area contributed by atoms with Gasteiger partial charge in [-0.15, -0.1) is 0 Å². The third-order valence-corrected chi connectivity index (χ3v) is 3.14. The molecule has 1 heterocycles. The fraction of sp³-hybridized carbons (Fsp3) is 0.357. The summed E-state index contributed by atoms with van der Waals surface area (Å²) in [6.07, 6.45) is -4.43. The molecule has 0 radical (unpaired) electrons. The summed E-state index contributed by atoms with van der Waals surface area (Å²) in [5.41, 5.74) is 6.22. The van der Waals surface area contributed by atoms with E-state index in [9.17, 15) is 13.2 Å². The van der Waals surface area contributed by atoms with Gasteiger partial charge in [-0.3, -0.25) is 4.68 Å². The van der Waals surface area contributed by atoms with Gasteiger partial charge in [-0.05, 0) is 18.1 Å². The van der Waals surface area contributed by atoms with Crippen molar-refractivity contribution in [3.8, 4) is 0 Å². The fourth-order valence-electron chi connectivity index (χ4n) is 2.10. The zero-order valence-electron chi connectivity index (χ0n) is 12.0. The number of para-hydroxylation sites is 1. The van der Waals surface area contributed by atoms with Crippen LogP contribution < -0.4 is 11.1 Å². The van der Waals surface area contributed by atoms with Crippen molar-refractivity contribution in [2.75, 3.05) is 11.1 Å². The van der Waals surface area contributed by atoms with Crippen LogP contribution in [0.4, 0.5) is 30.4 Å². The lowest BCUT2D eigenvalue weighted by Crippen LogP contribution is -2.10. The van der Waals surface area contributed by atoms with Gasteiger partial charge in [0.15, 0.2) is 5.82 Å². The Bertz CT molecular complexity index is 644. The molecule has 0 aliphatic carbocycles. The summed E-state index contributed by atoms with van der Waals surface area (Å²) in [6, 6.07) is 5.27. The summed E-state index contributed by atoms with van der Waals surface area (Å²) in [5, 5.41) is 6.99. The lowest BCUT2D eigenvalue weighted by Gasteiger charge is -2.14. The Morgan fingerprint density at radius 3 is 2.38 bits per heavy atom. The predicted octanol–water partition coefficient (Wildman–Crippen LogP) is 3.89. The van der Waals surface area contributed by atoms with Crippen molar-refractivity contribution in [3.05, 3.63) is 35.5 Å². The number of halogens is 3. The van der Waals surface area contributed by atoms with Gasteiger partial charge < -0.3 is 11.1 Å². The molecule has 0 amide bonds. The fourth-order valence-corrected chi connectivity index (χ4v) is 2.10. The molecule has 3 N–H and O–H groups in total. The van der Waals surface area contributed by atoms with E-state index >= 15 is 0 Å². The van der Waals surface area contributed by atoms with Crippen LogP contribution in [0.5, 0.6) is 0 Å². The van der Waals surface area contributed by atoms with Gasteiger partial charge in [0.05, 0.1) is 22.6 Å². The van der Waals surface area contributed by atoms with E-state index in [1.165, 1.54) is 22.9 Å². The molecule has 0 unspecified atom stereocenters. The largest absolute Gasteiger partial charge is 0.418 e. The average Bonchev–Trinajstić information content (AvgIpc) is 2.66. The average molecular weight is 298 g/mol. The Labute approximate surface area is 120 Å². The normalized spacial score (nSPS) is 12.0. The van der Waals surface area contributed by atoms with Crippen molar-refractivity contribution in [1.82, 2.24) is 9.78 Å². The summed E-state index contributed by atoms with van der Waals surface area (Å²) in [4.78, 5) is 0. The van der Waals surface area contributed by atoms with Gasteiger partial charge in [-0.1, -0.05) is 26.0 Å². The summed E-state index contributed by atoms with van der Waals surface area (Å²) < 4.78 is 40.4. The zero-order valence-corrected chi connectivity index (χ0v) is 12.0. The molecule has 4 nitrogen and oxygen atoms in total. The van der Waals surface area contributed by atoms with Crippen molar-refractivity contribution < 1.29 is 13.2 Å². The minimum absolute atomic E-state index is 0.0463. The number of nitrogen functional groups attached to an aromatic ring is 1. The van der Waals surface area contributed by atoms with Crippen molar-refractivity contribution in [2.24, 2.45) is 7.05 Å². The van der Waals surface area contributed by atoms with Crippen LogP contribution >= 0.6 is 0 Å². The first-order valence-corrected chi connectivity index (χ1v) is 6.47. The Morgan fingerprint density at radius 1 is 1.24 bits per heavy atom. The molecule has 0 spiro atoms. The molecule has 0 aliphatic rings. The van der Waals surface area contributed by atoms with Gasteiger partial charge in [-0.2, -0.15) is 18.3 Å². The quantitative estimate of drug-likeness (QED) is 0.904. The van der Waals surface area contributed by atoms with E-state index in [4.69, 9.17) is 5.73 Å². The number of aryl methyl sites for hydroxylation is 1. The summed E-state index contributed by atoms with van der Waals surface area (Å²) in [6.45, 7) is 3.85. The molecule has 7 heteroatoms. The Morgan fingerprint density at radius 2 is 1.86 bits per heavy atom. The van der Waals surface area contributed by atoms with E-state index in [1.807, 2.05) is 13.8 Å². The first-order chi connectivity index (χ1) is 9.71. The minimum Gasteiger partial charge on any atom is -0.394 e. The van der Waals surface area contributed by atoms with Gasteiger partial charge in [-0.25, -0.2) is 0 Å². The molecule has 0 atom stereocenters. The highest BCUT2D eigenvalue weighted by molar-refractivity contribution is 5.73. The van der Waals surface area contributed by atoms with Gasteiger partial charge in [0, 0.05) is 7.05 Å². The number of nitrogens with one attached hydrogen (secondary N) is 1. The van der Waals surface area contributed by atoms with Crippen molar-refractivity contribution in [1.29, 1.82) is 0 Å². The van der Waals surface area contributed by atoms with Crippen LogP contribution in [-0.2, 0) is 13.2 Å². The van der Waals surface area contributed by atoms with E-state index in [2.05, 4.69) is 10.4 Å². The minimum atomic E-state index is -4.43. The first kappa shape index (κ1) is 15.2. The number of benzene rings is 1. The molecule has 0 aliphatic heterocycles. The maximum absolute atomic E-state index is 13.0. The molecule has 114 valence electrons. The predicted molar refractivity (Wildman–Crippen MR) is 76.4 cm³/mol. The first-order valence-electron chi connectivity index (χ1n) is 6.47. The molecular formula is C14H17F3N4. The lowest BCUT2D eigenvalue weighted by molar-refractivity contribution is -0.136. The third-order valence-electron chi connectivity index (χ3n) is 3.14. The number of alkyl halides is 3. The molecule has 0 saturated heterocycles. The lowest BCUT2D eigenvalue weighted by atomic mass is 10.1. The summed E-state index contributed by atoms with van der Waals surface area (Å²) in [7, 11) is 1.64. The van der Waals surface area contributed by atoms with Gasteiger partial charge in [0.25, 0.3) is 0 Å². The summed E-state index contributed by atoms with van der Waals surface area (Å²) >= 11 is 0. The second-order valence-electron chi connectivity index (χ2n) is 5.09. The van der Waals surface area contributed by atoms with Crippen LogP contribution in [0.15, 0.2) is 24.3 Å². The Kier molecular flexibility index (Phi) is 3.85. The smallest absolute Gasteiger partial charge is 0.394 e. The second-order valence-corrected chi connectivity index (χ2v) is 5.09. The highest BCUT2D eigenvalue weighted by Gasteiger charge is 2.33. The van der Waals surface area contributed by atoms with Gasteiger partial charge in [0.1, 0.15) is 0 Å². The number of nitrogens with two attached hydrogens (primary N) is 1. The van der Waals surface area contributed by atoms with Crippen LogP contribution in [0.25, 0.3) is 0 Å². The molecule has 0 fully saturated rings.